The van der Waals surface area contributed by atoms with Crippen molar-refractivity contribution in [2.24, 2.45) is 0 Å². The minimum atomic E-state index is -0.508. The number of carbonyl (C=O) groups excluding carboxylic acids is 1. The van der Waals surface area contributed by atoms with Gasteiger partial charge in [-0.25, -0.2) is 4.98 Å². The summed E-state index contributed by atoms with van der Waals surface area (Å²) in [5, 5.41) is 2.85. The van der Waals surface area contributed by atoms with Gasteiger partial charge >= 0.3 is 0 Å². The van der Waals surface area contributed by atoms with Crippen LogP contribution < -0.4 is 14.8 Å². The second-order valence-electron chi connectivity index (χ2n) is 5.82. The summed E-state index contributed by atoms with van der Waals surface area (Å²) < 4.78 is 16.6. The minimum Gasteiger partial charge on any atom is -0.494 e. The second-order valence-corrected chi connectivity index (χ2v) is 5.82. The summed E-state index contributed by atoms with van der Waals surface area (Å²) >= 11 is 0. The summed E-state index contributed by atoms with van der Waals surface area (Å²) in [4.78, 5) is 16.3. The molecule has 1 aromatic carbocycles. The lowest BCUT2D eigenvalue weighted by molar-refractivity contribution is -0.131. The van der Waals surface area contributed by atoms with Gasteiger partial charge in [0.15, 0.2) is 0 Å². The fourth-order valence-corrected chi connectivity index (χ4v) is 2.24. The molecule has 2 aromatic rings. The van der Waals surface area contributed by atoms with E-state index in [0.717, 1.165) is 11.3 Å². The van der Waals surface area contributed by atoms with Crippen molar-refractivity contribution in [3.63, 3.8) is 0 Å². The van der Waals surface area contributed by atoms with Gasteiger partial charge in [-0.3, -0.25) is 4.79 Å². The standard InChI is InChI=1S/C21H26N2O4/c1-4-6-13-26-16(3)21(24)23-15-17-11-12-22-20(14-17)27-19-9-7-18(8-10-19)25-5-2/h4,7-12,14,16H,1,5-6,13,15H2,2-3H3,(H,23,24). The SMILES string of the molecule is C=CCCOC(C)C(=O)NCc1ccnc(Oc2ccc(OCC)cc2)c1. The molecule has 1 heterocycles. The molecule has 1 amide bonds. The normalized spacial score (nSPS) is 11.5. The molecule has 27 heavy (non-hydrogen) atoms. The number of hydrogen-bond acceptors (Lipinski definition) is 5. The van der Waals surface area contributed by atoms with Crippen LogP contribution in [0.5, 0.6) is 17.4 Å². The van der Waals surface area contributed by atoms with Crippen LogP contribution in [-0.2, 0) is 16.1 Å². The van der Waals surface area contributed by atoms with E-state index in [4.69, 9.17) is 14.2 Å². The molecule has 1 aromatic heterocycles. The van der Waals surface area contributed by atoms with Gasteiger partial charge in [-0.2, -0.15) is 0 Å². The van der Waals surface area contributed by atoms with E-state index >= 15 is 0 Å². The maximum atomic E-state index is 12.1. The summed E-state index contributed by atoms with van der Waals surface area (Å²) in [6.07, 6.45) is 3.61. The van der Waals surface area contributed by atoms with E-state index in [1.165, 1.54) is 0 Å². The van der Waals surface area contributed by atoms with Crippen LogP contribution in [-0.4, -0.2) is 30.2 Å². The Morgan fingerprint density at radius 1 is 1.26 bits per heavy atom. The molecule has 0 spiro atoms. The molecule has 0 radical (unpaired) electrons. The Kier molecular flexibility index (Phi) is 8.32. The minimum absolute atomic E-state index is 0.162. The first-order valence-electron chi connectivity index (χ1n) is 8.98. The Balaban J connectivity index is 1.87. The van der Waals surface area contributed by atoms with Crippen LogP contribution in [0.25, 0.3) is 0 Å². The molecular formula is C21H26N2O4. The van der Waals surface area contributed by atoms with Crippen molar-refractivity contribution >= 4 is 5.91 Å². The smallest absolute Gasteiger partial charge is 0.249 e. The number of carbonyl (C=O) groups is 1. The lowest BCUT2D eigenvalue weighted by Crippen LogP contribution is -2.34. The van der Waals surface area contributed by atoms with Crippen LogP contribution in [0.1, 0.15) is 25.8 Å². The van der Waals surface area contributed by atoms with Crippen LogP contribution in [0.3, 0.4) is 0 Å². The third kappa shape index (κ3) is 7.11. The number of hydrogen-bond donors (Lipinski definition) is 1. The quantitative estimate of drug-likeness (QED) is 0.480. The molecule has 0 saturated carbocycles. The molecule has 0 saturated heterocycles. The van der Waals surface area contributed by atoms with Crippen molar-refractivity contribution in [2.75, 3.05) is 13.2 Å². The van der Waals surface area contributed by atoms with E-state index in [-0.39, 0.29) is 5.91 Å². The van der Waals surface area contributed by atoms with Crippen molar-refractivity contribution in [1.29, 1.82) is 0 Å². The van der Waals surface area contributed by atoms with Gasteiger partial charge in [-0.1, -0.05) is 6.08 Å². The zero-order chi connectivity index (χ0) is 19.5. The molecule has 1 unspecified atom stereocenters. The average molecular weight is 370 g/mol. The maximum Gasteiger partial charge on any atom is 0.249 e. The highest BCUT2D eigenvalue weighted by Crippen LogP contribution is 2.23. The van der Waals surface area contributed by atoms with Crippen LogP contribution in [0.4, 0.5) is 0 Å². The Hall–Kier alpha value is -2.86. The van der Waals surface area contributed by atoms with Crippen molar-refractivity contribution in [3.05, 3.63) is 60.8 Å². The Morgan fingerprint density at radius 2 is 2.00 bits per heavy atom. The van der Waals surface area contributed by atoms with Crippen molar-refractivity contribution in [2.45, 2.75) is 32.9 Å². The molecule has 1 atom stereocenters. The lowest BCUT2D eigenvalue weighted by Gasteiger charge is -2.13. The monoisotopic (exact) mass is 370 g/mol. The van der Waals surface area contributed by atoms with Crippen molar-refractivity contribution < 1.29 is 19.0 Å². The number of nitrogens with one attached hydrogen (secondary N) is 1. The van der Waals surface area contributed by atoms with Gasteiger partial charge in [0.1, 0.15) is 17.6 Å². The van der Waals surface area contributed by atoms with Gasteiger partial charge in [0.05, 0.1) is 13.2 Å². The molecule has 0 aliphatic rings. The molecule has 0 bridgehead atoms. The van der Waals surface area contributed by atoms with E-state index in [0.29, 0.717) is 37.8 Å². The highest BCUT2D eigenvalue weighted by molar-refractivity contribution is 5.80. The van der Waals surface area contributed by atoms with Gasteiger partial charge in [0.2, 0.25) is 11.8 Å². The van der Waals surface area contributed by atoms with Gasteiger partial charge in [-0.15, -0.1) is 6.58 Å². The van der Waals surface area contributed by atoms with Gasteiger partial charge in [0, 0.05) is 18.8 Å². The van der Waals surface area contributed by atoms with Crippen LogP contribution in [0.2, 0.25) is 0 Å². The molecular weight excluding hydrogens is 344 g/mol. The summed E-state index contributed by atoms with van der Waals surface area (Å²) in [5.74, 6) is 1.75. The fourth-order valence-electron chi connectivity index (χ4n) is 2.24. The Bertz CT molecular complexity index is 731. The zero-order valence-corrected chi connectivity index (χ0v) is 15.8. The van der Waals surface area contributed by atoms with Crippen LogP contribution >= 0.6 is 0 Å². The maximum absolute atomic E-state index is 12.1. The molecule has 6 heteroatoms. The first kappa shape index (κ1) is 20.5. The van der Waals surface area contributed by atoms with E-state index < -0.39 is 6.10 Å². The summed E-state index contributed by atoms with van der Waals surface area (Å²) in [7, 11) is 0. The highest BCUT2D eigenvalue weighted by Gasteiger charge is 2.12. The lowest BCUT2D eigenvalue weighted by atomic mass is 10.2. The number of pyridine rings is 1. The van der Waals surface area contributed by atoms with Crippen LogP contribution in [0, 0.1) is 0 Å². The predicted octanol–water partition coefficient (Wildman–Crippen LogP) is 3.87. The largest absolute Gasteiger partial charge is 0.494 e. The number of rotatable bonds is 11. The number of benzene rings is 1. The average Bonchev–Trinajstić information content (AvgIpc) is 2.68. The number of aromatic nitrogens is 1. The summed E-state index contributed by atoms with van der Waals surface area (Å²) in [6.45, 7) is 8.76. The van der Waals surface area contributed by atoms with Crippen LogP contribution in [0.15, 0.2) is 55.3 Å². The summed E-state index contributed by atoms with van der Waals surface area (Å²) in [5.41, 5.74) is 0.887. The van der Waals surface area contributed by atoms with Crippen molar-refractivity contribution in [3.8, 4) is 17.4 Å². The third-order valence-corrected chi connectivity index (χ3v) is 3.68. The highest BCUT2D eigenvalue weighted by atomic mass is 16.5. The number of amides is 1. The first-order chi connectivity index (χ1) is 13.1. The van der Waals surface area contributed by atoms with Gasteiger partial charge in [0.25, 0.3) is 0 Å². The molecule has 144 valence electrons. The van der Waals surface area contributed by atoms with E-state index in [1.807, 2.05) is 37.3 Å². The summed E-state index contributed by atoms with van der Waals surface area (Å²) in [6, 6.07) is 11.0. The molecule has 0 fully saturated rings. The molecule has 0 aliphatic carbocycles. The fraction of sp³-hybridized carbons (Fsp3) is 0.333. The number of nitrogens with zero attached hydrogens (tertiary/aromatic N) is 1. The van der Waals surface area contributed by atoms with Gasteiger partial charge < -0.3 is 19.5 Å². The predicted molar refractivity (Wildman–Crippen MR) is 104 cm³/mol. The Morgan fingerprint density at radius 3 is 2.70 bits per heavy atom. The molecule has 6 nitrogen and oxygen atoms in total. The van der Waals surface area contributed by atoms with Gasteiger partial charge in [-0.05, 0) is 56.2 Å². The number of ether oxygens (including phenoxy) is 3. The second kappa shape index (κ2) is 11.0. The van der Waals surface area contributed by atoms with E-state index in [1.54, 1.807) is 25.3 Å². The Labute approximate surface area is 160 Å². The van der Waals surface area contributed by atoms with E-state index in [9.17, 15) is 4.79 Å². The topological polar surface area (TPSA) is 69.7 Å². The third-order valence-electron chi connectivity index (χ3n) is 3.68. The molecule has 0 aliphatic heterocycles. The molecule has 1 N–H and O–H groups in total. The van der Waals surface area contributed by atoms with E-state index in [2.05, 4.69) is 16.9 Å². The molecule has 2 rings (SSSR count). The zero-order valence-electron chi connectivity index (χ0n) is 15.8. The van der Waals surface area contributed by atoms with Crippen molar-refractivity contribution in [1.82, 2.24) is 10.3 Å². The first-order valence-corrected chi connectivity index (χ1v) is 8.98.